The van der Waals surface area contributed by atoms with Crippen molar-refractivity contribution in [2.75, 3.05) is 0 Å². The molecule has 1 aromatic carbocycles. The van der Waals surface area contributed by atoms with Crippen LogP contribution in [-0.4, -0.2) is 36.6 Å². The summed E-state index contributed by atoms with van der Waals surface area (Å²) in [7, 11) is -0.852. The van der Waals surface area contributed by atoms with Crippen molar-refractivity contribution in [2.24, 2.45) is 11.8 Å². The van der Waals surface area contributed by atoms with Gasteiger partial charge in [-0.15, -0.1) is 45.3 Å². The summed E-state index contributed by atoms with van der Waals surface area (Å²) in [5.74, 6) is 1.47. The van der Waals surface area contributed by atoms with Crippen molar-refractivity contribution in [1.82, 2.24) is 0 Å². The normalized spacial score (nSPS) is 17.0. The largest absolute Gasteiger partial charge is 0.505 e. The molecule has 2 atom stereocenters. The molecule has 0 bridgehead atoms. The number of fused-ring (bicyclic) bond motifs is 2. The fraction of sp³-hybridized carbons (Fsp3) is 0.769. The van der Waals surface area contributed by atoms with E-state index in [4.69, 9.17) is 18.6 Å². The lowest BCUT2D eigenvalue weighted by Crippen LogP contribution is -2.41. The quantitative estimate of drug-likeness (QED) is 0.0287. The van der Waals surface area contributed by atoms with Crippen LogP contribution >= 0.6 is 45.3 Å². The Hall–Kier alpha value is -1.49. The number of hydrogen-bond acceptors (Lipinski definition) is 8. The molecule has 2 fully saturated rings. The topological polar surface area (TPSA) is 36.9 Å². The van der Waals surface area contributed by atoms with Gasteiger partial charge in [0.15, 0.2) is 0 Å². The Balaban J connectivity index is 1.21. The van der Waals surface area contributed by atoms with Gasteiger partial charge < -0.3 is 18.6 Å². The van der Waals surface area contributed by atoms with Crippen LogP contribution in [0.1, 0.15) is 350 Å². The summed E-state index contributed by atoms with van der Waals surface area (Å²) < 4.78 is 32.7. The van der Waals surface area contributed by atoms with E-state index < -0.39 is 36.6 Å². The standard InChI is InChI=1S/C78H128B2O4S4/c1-13-17-21-25-29-33-35-39-43-47-51-61(49-45-41-37-31-27-23-19-15-3)57-63-53-55-67(85-63)71-65-59-69(79-81-75(5,6)76(7,8)82-79)88-74(65)72(66-60-70(87-73(66)71)80-83-77(9,10)78(11,12)84-80)68-56-54-64(86-68)58-62(50-46-42-38-32-28-24-20-16-4)52-48-44-40-36-34-30-26-22-18-14-2/h53-56,59-62H,13-52,57-58H2,1-12H3. The van der Waals surface area contributed by atoms with E-state index in [9.17, 15) is 0 Å². The van der Waals surface area contributed by atoms with Crippen LogP contribution in [0.2, 0.25) is 0 Å². The van der Waals surface area contributed by atoms with Crippen LogP contribution in [-0.2, 0) is 31.5 Å². The van der Waals surface area contributed by atoms with Crippen LogP contribution < -0.4 is 9.55 Å². The van der Waals surface area contributed by atoms with E-state index in [2.05, 4.69) is 142 Å². The second-order valence-electron chi connectivity index (χ2n) is 29.9. The highest BCUT2D eigenvalue weighted by molar-refractivity contribution is 7.31. The Morgan fingerprint density at radius 1 is 0.318 bits per heavy atom. The molecule has 2 unspecified atom stereocenters. The van der Waals surface area contributed by atoms with Gasteiger partial charge in [-0.05, 0) is 116 Å². The summed E-state index contributed by atoms with van der Waals surface area (Å²) in [6, 6.07) is 15.0. The highest BCUT2D eigenvalue weighted by atomic mass is 32.1. The van der Waals surface area contributed by atoms with Crippen LogP contribution in [0.25, 0.3) is 41.1 Å². The van der Waals surface area contributed by atoms with Gasteiger partial charge in [0.1, 0.15) is 0 Å². The minimum Gasteiger partial charge on any atom is -0.399 e. The Bertz CT molecular complexity index is 2440. The second kappa shape index (κ2) is 38.2. The third kappa shape index (κ3) is 22.3. The molecule has 7 rings (SSSR count). The lowest BCUT2D eigenvalue weighted by molar-refractivity contribution is 0.00578. The van der Waals surface area contributed by atoms with E-state index in [1.165, 1.54) is 311 Å². The van der Waals surface area contributed by atoms with E-state index in [0.29, 0.717) is 0 Å². The summed E-state index contributed by atoms with van der Waals surface area (Å²) in [6.07, 6.45) is 58.0. The summed E-state index contributed by atoms with van der Waals surface area (Å²) in [5.41, 5.74) is 1.01. The van der Waals surface area contributed by atoms with Gasteiger partial charge in [-0.25, -0.2) is 0 Å². The maximum Gasteiger partial charge on any atom is 0.505 e. The lowest BCUT2D eigenvalue weighted by atomic mass is 9.86. The molecule has 0 aliphatic carbocycles. The van der Waals surface area contributed by atoms with Crippen LogP contribution in [0.4, 0.5) is 0 Å². The van der Waals surface area contributed by atoms with Gasteiger partial charge in [0.25, 0.3) is 0 Å². The van der Waals surface area contributed by atoms with Crippen LogP contribution in [0.5, 0.6) is 0 Å². The average Bonchev–Trinajstić information content (AvgIpc) is 1.56. The first-order valence-electron chi connectivity index (χ1n) is 37.4. The molecule has 5 aromatic rings. The second-order valence-corrected chi connectivity index (χ2v) is 34.4. The van der Waals surface area contributed by atoms with Crippen molar-refractivity contribution in [1.29, 1.82) is 0 Å². The molecule has 6 heterocycles. The number of unbranched alkanes of at least 4 members (excludes halogenated alkanes) is 32. The molecule has 0 amide bonds. The van der Waals surface area contributed by atoms with Gasteiger partial charge in [0.2, 0.25) is 0 Å². The summed E-state index contributed by atoms with van der Waals surface area (Å²) in [6.45, 7) is 26.9. The van der Waals surface area contributed by atoms with Crippen molar-refractivity contribution >= 4 is 89.3 Å². The van der Waals surface area contributed by atoms with Crippen LogP contribution in [0.3, 0.4) is 0 Å². The van der Waals surface area contributed by atoms with Crippen molar-refractivity contribution in [2.45, 2.75) is 375 Å². The zero-order chi connectivity index (χ0) is 62.8. The van der Waals surface area contributed by atoms with Gasteiger partial charge in [-0.2, -0.15) is 0 Å². The van der Waals surface area contributed by atoms with E-state index >= 15 is 0 Å². The highest BCUT2D eigenvalue weighted by Crippen LogP contribution is 2.51. The van der Waals surface area contributed by atoms with Crippen molar-refractivity contribution < 1.29 is 18.6 Å². The van der Waals surface area contributed by atoms with Crippen molar-refractivity contribution in [3.05, 3.63) is 46.2 Å². The first-order chi connectivity index (χ1) is 42.5. The number of hydrogen-bond donors (Lipinski definition) is 0. The Morgan fingerprint density at radius 2 is 0.557 bits per heavy atom. The first-order valence-corrected chi connectivity index (χ1v) is 40.7. The Kier molecular flexibility index (Phi) is 32.0. The van der Waals surface area contributed by atoms with Gasteiger partial charge in [0.05, 0.1) is 22.4 Å². The van der Waals surface area contributed by atoms with Gasteiger partial charge >= 0.3 is 14.2 Å². The molecule has 0 spiro atoms. The molecule has 2 saturated heterocycles. The summed E-state index contributed by atoms with van der Waals surface area (Å²) in [5, 5.41) is 2.66. The van der Waals surface area contributed by atoms with Gasteiger partial charge in [0, 0.05) is 60.4 Å². The maximum atomic E-state index is 6.93. The van der Waals surface area contributed by atoms with E-state index in [1.807, 2.05) is 22.7 Å². The fourth-order valence-electron chi connectivity index (χ4n) is 13.9. The molecule has 0 saturated carbocycles. The molecular formula is C78H128B2O4S4. The molecule has 88 heavy (non-hydrogen) atoms. The average molecular weight is 1280 g/mol. The van der Waals surface area contributed by atoms with Crippen LogP contribution in [0.15, 0.2) is 36.4 Å². The van der Waals surface area contributed by atoms with Crippen LogP contribution in [0, 0.1) is 11.8 Å². The maximum absolute atomic E-state index is 6.93. The Labute approximate surface area is 558 Å². The number of rotatable bonds is 48. The zero-order valence-corrected chi connectivity index (χ0v) is 62.0. The van der Waals surface area contributed by atoms with Gasteiger partial charge in [-0.3, -0.25) is 0 Å². The minimum absolute atomic E-state index is 0.426. The highest BCUT2D eigenvalue weighted by Gasteiger charge is 2.54. The molecule has 4 aromatic heterocycles. The van der Waals surface area contributed by atoms with E-state index in [1.54, 1.807) is 9.75 Å². The molecular weight excluding hydrogens is 1150 g/mol. The SMILES string of the molecule is CCCCCCCCCCCCC(CCCCCCCCCC)Cc1ccc(-c2c3cc(B4OC(C)(C)C(C)(C)O4)sc3c(-c3ccc(CC(CCCCCCCCCC)CCCCCCCCCCCC)s3)c3cc(B4OC(C)(C)C(C)(C)O4)sc23)s1. The zero-order valence-electron chi connectivity index (χ0n) is 58.7. The van der Waals surface area contributed by atoms with Crippen molar-refractivity contribution in [3.8, 4) is 20.9 Å². The predicted octanol–water partition coefficient (Wildman–Crippen LogP) is 26.2. The molecule has 2 aliphatic rings. The minimum atomic E-state index is -0.430. The predicted molar refractivity (Wildman–Crippen MR) is 397 cm³/mol. The summed E-state index contributed by atoms with van der Waals surface area (Å²) in [4.78, 5) is 5.85. The first kappa shape index (κ1) is 73.9. The third-order valence-electron chi connectivity index (χ3n) is 21.1. The monoisotopic (exact) mass is 1280 g/mol. The number of thiophene rings is 4. The lowest BCUT2D eigenvalue weighted by Gasteiger charge is -2.32. The van der Waals surface area contributed by atoms with Crippen molar-refractivity contribution in [3.63, 3.8) is 0 Å². The van der Waals surface area contributed by atoms with Gasteiger partial charge in [-0.1, -0.05) is 285 Å². The van der Waals surface area contributed by atoms with E-state index in [-0.39, 0.29) is 0 Å². The molecule has 494 valence electrons. The molecule has 2 aliphatic heterocycles. The number of benzene rings is 1. The molecule has 10 heteroatoms. The smallest absolute Gasteiger partial charge is 0.399 e. The third-order valence-corrected chi connectivity index (χ3v) is 25.7. The fourth-order valence-corrected chi connectivity index (χ4v) is 18.8. The molecule has 0 N–H and O–H groups in total. The van der Waals surface area contributed by atoms with E-state index in [0.717, 1.165) is 21.4 Å². The molecule has 0 radical (unpaired) electrons. The summed E-state index contributed by atoms with van der Waals surface area (Å²) >= 11 is 7.96. The Morgan fingerprint density at radius 3 is 0.807 bits per heavy atom. The molecule has 4 nitrogen and oxygen atoms in total.